The van der Waals surface area contributed by atoms with Crippen LogP contribution in [-0.2, 0) is 23.4 Å². The van der Waals surface area contributed by atoms with E-state index in [2.05, 4.69) is 109 Å². The van der Waals surface area contributed by atoms with Crippen LogP contribution in [0.4, 0.5) is 11.4 Å². The third-order valence-electron chi connectivity index (χ3n) is 8.92. The highest BCUT2D eigenvalue weighted by Crippen LogP contribution is 2.57. The molecule has 0 saturated carbocycles. The number of hydrogen-bond donors (Lipinski definition) is 0. The maximum absolute atomic E-state index is 13.5. The van der Waals surface area contributed by atoms with Gasteiger partial charge in [-0.3, -0.25) is 0 Å². The quantitative estimate of drug-likeness (QED) is 0.172. The molecule has 0 radical (unpaired) electrons. The Bertz CT molecular complexity index is 1790. The first-order valence-corrected chi connectivity index (χ1v) is 15.4. The van der Waals surface area contributed by atoms with E-state index in [-0.39, 0.29) is 5.97 Å². The fraction of sp³-hybridized carbons (Fsp3) is 0.205. The summed E-state index contributed by atoms with van der Waals surface area (Å²) in [5.74, 6) is 1.10. The van der Waals surface area contributed by atoms with Gasteiger partial charge in [0.25, 0.3) is 0 Å². The lowest BCUT2D eigenvalue weighted by Gasteiger charge is -2.38. The van der Waals surface area contributed by atoms with Crippen molar-refractivity contribution >= 4 is 17.3 Å². The summed E-state index contributed by atoms with van der Waals surface area (Å²) < 4.78 is 13.2. The molecule has 220 valence electrons. The minimum Gasteiger partial charge on any atom is -0.456 e. The largest absolute Gasteiger partial charge is 0.456 e. The Hall–Kier alpha value is -5.03. The molecule has 0 fully saturated rings. The Labute approximate surface area is 259 Å². The van der Waals surface area contributed by atoms with Crippen LogP contribution < -0.4 is 14.5 Å². The third-order valence-corrected chi connectivity index (χ3v) is 8.92. The zero-order valence-electron chi connectivity index (χ0n) is 25.4. The van der Waals surface area contributed by atoms with Crippen molar-refractivity contribution in [2.24, 2.45) is 0 Å². The summed E-state index contributed by atoms with van der Waals surface area (Å²) in [5, 5.41) is 0. The molecule has 0 aromatic heterocycles. The molecule has 0 bridgehead atoms. The minimum atomic E-state index is -1.12. The molecule has 2 heterocycles. The number of hydrogen-bond acceptors (Lipinski definition) is 5. The second-order valence-electron chi connectivity index (χ2n) is 11.5. The van der Waals surface area contributed by atoms with E-state index >= 15 is 0 Å². The Balaban J connectivity index is 1.43. The highest BCUT2D eigenvalue weighted by molar-refractivity contribution is 5.97. The maximum atomic E-state index is 13.5. The van der Waals surface area contributed by atoms with E-state index in [1.54, 1.807) is 0 Å². The molecule has 44 heavy (non-hydrogen) atoms. The van der Waals surface area contributed by atoms with Gasteiger partial charge in [-0.25, -0.2) is 4.79 Å². The first-order valence-electron chi connectivity index (χ1n) is 15.4. The number of aryl methyl sites for hydroxylation is 1. The molecule has 5 nitrogen and oxygen atoms in total. The van der Waals surface area contributed by atoms with Crippen LogP contribution in [0.1, 0.15) is 57.6 Å². The van der Waals surface area contributed by atoms with E-state index in [9.17, 15) is 4.79 Å². The highest BCUT2D eigenvalue weighted by Gasteiger charge is 2.53. The monoisotopic (exact) mass is 580 g/mol. The summed E-state index contributed by atoms with van der Waals surface area (Å²) in [4.78, 5) is 18.2. The van der Waals surface area contributed by atoms with Crippen molar-refractivity contribution in [1.29, 1.82) is 0 Å². The number of nitrogens with zero attached hydrogens (tertiary/aromatic N) is 2. The van der Waals surface area contributed by atoms with Crippen LogP contribution in [0.2, 0.25) is 0 Å². The summed E-state index contributed by atoms with van der Waals surface area (Å²) >= 11 is 0. The Morgan fingerprint density at radius 1 is 0.636 bits per heavy atom. The number of benzene rings is 5. The average Bonchev–Trinajstić information content (AvgIpc) is 3.34. The fourth-order valence-electron chi connectivity index (χ4n) is 6.76. The predicted octanol–water partition coefficient (Wildman–Crippen LogP) is 8.62. The number of ether oxygens (including phenoxy) is 2. The molecule has 0 amide bonds. The third kappa shape index (κ3) is 4.60. The van der Waals surface area contributed by atoms with Crippen molar-refractivity contribution in [3.8, 4) is 11.5 Å². The van der Waals surface area contributed by atoms with Crippen LogP contribution in [0.5, 0.6) is 11.5 Å². The second kappa shape index (κ2) is 11.2. The van der Waals surface area contributed by atoms with Crippen molar-refractivity contribution < 1.29 is 14.3 Å². The van der Waals surface area contributed by atoms with Crippen LogP contribution in [0.3, 0.4) is 0 Å². The van der Waals surface area contributed by atoms with E-state index in [0.29, 0.717) is 17.1 Å². The van der Waals surface area contributed by atoms with Gasteiger partial charge in [0.2, 0.25) is 0 Å². The number of rotatable bonds is 8. The van der Waals surface area contributed by atoms with Crippen LogP contribution >= 0.6 is 0 Å². The average molecular weight is 581 g/mol. The summed E-state index contributed by atoms with van der Waals surface area (Å²) in [6, 6.07) is 39.4. The van der Waals surface area contributed by atoms with E-state index in [1.165, 1.54) is 11.1 Å². The summed E-state index contributed by atoms with van der Waals surface area (Å²) in [6.45, 7) is 9.65. The zero-order valence-corrected chi connectivity index (χ0v) is 25.4. The summed E-state index contributed by atoms with van der Waals surface area (Å²) in [6.07, 6.45) is 0. The van der Waals surface area contributed by atoms with E-state index in [1.807, 2.05) is 36.4 Å². The molecule has 5 aromatic carbocycles. The number of anilines is 2. The van der Waals surface area contributed by atoms with Crippen LogP contribution in [0, 0.1) is 6.92 Å². The Kier molecular flexibility index (Phi) is 7.09. The predicted molar refractivity (Wildman–Crippen MR) is 176 cm³/mol. The Morgan fingerprint density at radius 2 is 1.25 bits per heavy atom. The van der Waals surface area contributed by atoms with Gasteiger partial charge in [-0.2, -0.15) is 0 Å². The number of carbonyl (C=O) groups excluding carboxylic acids is 1. The first-order chi connectivity index (χ1) is 21.5. The van der Waals surface area contributed by atoms with Crippen molar-refractivity contribution in [3.05, 3.63) is 154 Å². The molecule has 1 atom stereocenters. The van der Waals surface area contributed by atoms with Gasteiger partial charge in [0.05, 0.1) is 5.56 Å². The molecule has 5 heteroatoms. The Morgan fingerprint density at radius 3 is 1.91 bits per heavy atom. The van der Waals surface area contributed by atoms with Crippen LogP contribution in [0.15, 0.2) is 115 Å². The van der Waals surface area contributed by atoms with Crippen molar-refractivity contribution in [2.45, 2.75) is 39.5 Å². The van der Waals surface area contributed by atoms with Gasteiger partial charge in [0.15, 0.2) is 5.60 Å². The molecule has 7 rings (SSSR count). The lowest BCUT2D eigenvalue weighted by molar-refractivity contribution is 0.0224. The molecule has 1 spiro atoms. The van der Waals surface area contributed by atoms with Gasteiger partial charge in [-0.15, -0.1) is 0 Å². The lowest BCUT2D eigenvalue weighted by Crippen LogP contribution is -2.34. The van der Waals surface area contributed by atoms with Gasteiger partial charge < -0.3 is 19.3 Å². The fourth-order valence-corrected chi connectivity index (χ4v) is 6.76. The zero-order chi connectivity index (χ0) is 30.3. The number of carbonyl (C=O) groups is 1. The second-order valence-corrected chi connectivity index (χ2v) is 11.5. The minimum absolute atomic E-state index is 0.320. The van der Waals surface area contributed by atoms with Gasteiger partial charge in [-0.1, -0.05) is 78.9 Å². The van der Waals surface area contributed by atoms with Gasteiger partial charge in [0, 0.05) is 60.3 Å². The molecule has 0 saturated heterocycles. The van der Waals surface area contributed by atoms with Crippen molar-refractivity contribution in [2.75, 3.05) is 22.9 Å². The van der Waals surface area contributed by atoms with Gasteiger partial charge >= 0.3 is 5.97 Å². The van der Waals surface area contributed by atoms with Crippen LogP contribution in [-0.4, -0.2) is 19.1 Å². The van der Waals surface area contributed by atoms with Crippen molar-refractivity contribution in [1.82, 2.24) is 0 Å². The number of esters is 1. The standard InChI is InChI=1S/C39H36N2O3/c1-4-40(5-2)30-20-21-33-37(23-30)43-36-22-27(3)35(24-34(36)39(33)32-19-13-12-18-31(32)38(42)44-39)41(25-28-14-8-6-9-15-28)26-29-16-10-7-11-17-29/h6-24H,4-5,25-26H2,1-3H3. The van der Waals surface area contributed by atoms with Crippen LogP contribution in [0.25, 0.3) is 0 Å². The maximum Gasteiger partial charge on any atom is 0.340 e. The first kappa shape index (κ1) is 27.8. The highest BCUT2D eigenvalue weighted by atomic mass is 16.6. The molecule has 2 aliphatic rings. The van der Waals surface area contributed by atoms with E-state index in [4.69, 9.17) is 9.47 Å². The summed E-state index contributed by atoms with van der Waals surface area (Å²) in [7, 11) is 0. The van der Waals surface area contributed by atoms with E-state index < -0.39 is 5.60 Å². The number of fused-ring (bicyclic) bond motifs is 6. The smallest absolute Gasteiger partial charge is 0.340 e. The molecule has 5 aromatic rings. The van der Waals surface area contributed by atoms with Crippen molar-refractivity contribution in [3.63, 3.8) is 0 Å². The lowest BCUT2D eigenvalue weighted by atomic mass is 9.77. The molecule has 0 aliphatic carbocycles. The van der Waals surface area contributed by atoms with Gasteiger partial charge in [0.1, 0.15) is 11.5 Å². The normalized spacial score (nSPS) is 16.0. The topological polar surface area (TPSA) is 42.0 Å². The van der Waals surface area contributed by atoms with E-state index in [0.717, 1.165) is 59.8 Å². The molecule has 2 aliphatic heterocycles. The van der Waals surface area contributed by atoms with Gasteiger partial charge in [-0.05, 0) is 67.8 Å². The SMILES string of the molecule is CCN(CC)c1ccc2c(c1)Oc1cc(C)c(N(Cc3ccccc3)Cc3ccccc3)cc1C21OC(=O)c2ccccc21. The molecule has 1 unspecified atom stereocenters. The molecular weight excluding hydrogens is 544 g/mol. The molecule has 0 N–H and O–H groups in total. The molecular formula is C39H36N2O3. The summed E-state index contributed by atoms with van der Waals surface area (Å²) in [5.41, 5.74) is 7.68.